The van der Waals surface area contributed by atoms with Crippen LogP contribution in [0, 0.1) is 0 Å². The van der Waals surface area contributed by atoms with Gasteiger partial charge in [0.1, 0.15) is 0 Å². The molecule has 1 heterocycles. The molecule has 0 unspecified atom stereocenters. The maximum Gasteiger partial charge on any atom is 0.203 e. The van der Waals surface area contributed by atoms with Gasteiger partial charge in [0.05, 0.1) is 0 Å². The molecule has 0 aliphatic heterocycles. The molecule has 0 fully saturated rings. The Bertz CT molecular complexity index is 658. The van der Waals surface area contributed by atoms with E-state index in [9.17, 15) is 0 Å². The van der Waals surface area contributed by atoms with Crippen LogP contribution in [0.1, 0.15) is 51.7 Å². The Morgan fingerprint density at radius 3 is 2.30 bits per heavy atom. The van der Waals surface area contributed by atoms with Crippen molar-refractivity contribution in [2.75, 3.05) is 0 Å². The fraction of sp³-hybridized carbons (Fsp3) is 0.500. The van der Waals surface area contributed by atoms with Crippen molar-refractivity contribution in [3.8, 4) is 11.4 Å². The van der Waals surface area contributed by atoms with E-state index in [1.54, 1.807) is 0 Å². The van der Waals surface area contributed by atoms with E-state index in [1.807, 2.05) is 0 Å². The van der Waals surface area contributed by atoms with Gasteiger partial charge in [0.15, 0.2) is 5.82 Å². The van der Waals surface area contributed by atoms with Crippen LogP contribution in [0.4, 0.5) is 0 Å². The number of hydrogen-bond donors (Lipinski definition) is 0. The predicted molar refractivity (Wildman–Crippen MR) is 85.6 cm³/mol. The molecule has 1 aliphatic carbocycles. The van der Waals surface area contributed by atoms with Crippen LogP contribution in [0.15, 0.2) is 18.2 Å². The standard InChI is InChI=1S/C16H19ClN2S/c1-15(2)7-8-16(3,4)12-9-10(5-6-11(12)15)13-18-14(17)20-19-13/h5-6,9H,7-8H2,1-4H3. The lowest BCUT2D eigenvalue weighted by Crippen LogP contribution is -2.33. The third kappa shape index (κ3) is 2.27. The summed E-state index contributed by atoms with van der Waals surface area (Å²) in [6.07, 6.45) is 2.44. The summed E-state index contributed by atoms with van der Waals surface area (Å²) in [4.78, 5) is 4.29. The number of nitrogens with zero attached hydrogens (tertiary/aromatic N) is 2. The lowest BCUT2D eigenvalue weighted by atomic mass is 9.63. The van der Waals surface area contributed by atoms with E-state index in [0.717, 1.165) is 11.4 Å². The van der Waals surface area contributed by atoms with Gasteiger partial charge in [-0.25, -0.2) is 4.98 Å². The van der Waals surface area contributed by atoms with Gasteiger partial charge >= 0.3 is 0 Å². The van der Waals surface area contributed by atoms with Gasteiger partial charge in [0, 0.05) is 5.56 Å². The molecule has 4 heteroatoms. The van der Waals surface area contributed by atoms with Crippen molar-refractivity contribution in [1.82, 2.24) is 9.36 Å². The average molecular weight is 307 g/mol. The first-order valence-electron chi connectivity index (χ1n) is 6.94. The van der Waals surface area contributed by atoms with Gasteiger partial charge in [-0.2, -0.15) is 4.37 Å². The highest BCUT2D eigenvalue weighted by atomic mass is 35.5. The van der Waals surface area contributed by atoms with Crippen LogP contribution < -0.4 is 0 Å². The fourth-order valence-corrected chi connectivity index (χ4v) is 3.67. The van der Waals surface area contributed by atoms with Crippen LogP contribution in [0.2, 0.25) is 4.47 Å². The van der Waals surface area contributed by atoms with E-state index in [1.165, 1.54) is 35.5 Å². The molecule has 0 N–H and O–H groups in total. The Kier molecular flexibility index (Phi) is 3.18. The van der Waals surface area contributed by atoms with Gasteiger partial charge in [0.25, 0.3) is 0 Å². The van der Waals surface area contributed by atoms with Gasteiger partial charge in [-0.05, 0) is 64.0 Å². The molecule has 0 bridgehead atoms. The number of aromatic nitrogens is 2. The van der Waals surface area contributed by atoms with Crippen LogP contribution >= 0.6 is 23.1 Å². The largest absolute Gasteiger partial charge is 0.203 e. The van der Waals surface area contributed by atoms with Crippen molar-refractivity contribution in [2.45, 2.75) is 51.4 Å². The van der Waals surface area contributed by atoms with Gasteiger partial charge in [-0.3, -0.25) is 0 Å². The summed E-state index contributed by atoms with van der Waals surface area (Å²) in [5.41, 5.74) is 4.41. The minimum atomic E-state index is 0.209. The zero-order chi connectivity index (χ0) is 14.5. The summed E-state index contributed by atoms with van der Waals surface area (Å²) in [5.74, 6) is 0.738. The third-order valence-electron chi connectivity index (χ3n) is 4.51. The van der Waals surface area contributed by atoms with E-state index in [4.69, 9.17) is 11.6 Å². The van der Waals surface area contributed by atoms with Gasteiger partial charge < -0.3 is 0 Å². The summed E-state index contributed by atoms with van der Waals surface area (Å²) < 4.78 is 4.82. The van der Waals surface area contributed by atoms with Crippen LogP contribution in [0.25, 0.3) is 11.4 Å². The van der Waals surface area contributed by atoms with Crippen molar-refractivity contribution in [3.05, 3.63) is 33.8 Å². The Morgan fingerprint density at radius 1 is 1.05 bits per heavy atom. The summed E-state index contributed by atoms with van der Waals surface area (Å²) in [7, 11) is 0. The van der Waals surface area contributed by atoms with Crippen LogP contribution in [0.5, 0.6) is 0 Å². The van der Waals surface area contributed by atoms with E-state index in [-0.39, 0.29) is 10.8 Å². The summed E-state index contributed by atoms with van der Waals surface area (Å²) in [6.45, 7) is 9.32. The van der Waals surface area contributed by atoms with E-state index in [2.05, 4.69) is 55.3 Å². The normalized spacial score (nSPS) is 19.6. The number of halogens is 1. The van der Waals surface area contributed by atoms with E-state index in [0.29, 0.717) is 4.47 Å². The zero-order valence-corrected chi connectivity index (χ0v) is 13.9. The molecule has 1 aromatic heterocycles. The van der Waals surface area contributed by atoms with Crippen molar-refractivity contribution >= 4 is 23.1 Å². The Labute approximate surface area is 129 Å². The maximum atomic E-state index is 5.90. The first-order valence-corrected chi connectivity index (χ1v) is 8.09. The lowest BCUT2D eigenvalue weighted by molar-refractivity contribution is 0.332. The molecule has 3 rings (SSSR count). The second-order valence-electron chi connectivity index (χ2n) is 6.90. The second kappa shape index (κ2) is 4.54. The molecule has 0 saturated heterocycles. The molecule has 0 radical (unpaired) electrons. The molecule has 0 spiro atoms. The van der Waals surface area contributed by atoms with Gasteiger partial charge in [-0.15, -0.1) is 0 Å². The molecule has 1 aromatic carbocycles. The van der Waals surface area contributed by atoms with Crippen molar-refractivity contribution < 1.29 is 0 Å². The van der Waals surface area contributed by atoms with Crippen LogP contribution in [0.3, 0.4) is 0 Å². The lowest BCUT2D eigenvalue weighted by Gasteiger charge is -2.42. The number of fused-ring (bicyclic) bond motifs is 1. The Balaban J connectivity index is 2.16. The SMILES string of the molecule is CC1(C)CCC(C)(C)c2cc(-c3nsc(Cl)n3)ccc21. The molecule has 106 valence electrons. The Hall–Kier alpha value is -0.930. The maximum absolute atomic E-state index is 5.90. The van der Waals surface area contributed by atoms with Crippen molar-refractivity contribution in [3.63, 3.8) is 0 Å². The van der Waals surface area contributed by atoms with E-state index >= 15 is 0 Å². The van der Waals surface area contributed by atoms with Gasteiger partial charge in [0.2, 0.25) is 4.47 Å². The van der Waals surface area contributed by atoms with Gasteiger partial charge in [-0.1, -0.05) is 39.8 Å². The quantitative estimate of drug-likeness (QED) is 0.723. The molecule has 2 nitrogen and oxygen atoms in total. The third-order valence-corrected chi connectivity index (χ3v) is 5.31. The highest BCUT2D eigenvalue weighted by molar-refractivity contribution is 7.10. The van der Waals surface area contributed by atoms with E-state index < -0.39 is 0 Å². The number of hydrogen-bond acceptors (Lipinski definition) is 3. The highest BCUT2D eigenvalue weighted by Crippen LogP contribution is 2.46. The minimum Gasteiger partial charge on any atom is -0.203 e. The smallest absolute Gasteiger partial charge is 0.203 e. The zero-order valence-electron chi connectivity index (χ0n) is 12.3. The molecule has 1 aliphatic rings. The van der Waals surface area contributed by atoms with Crippen LogP contribution in [-0.2, 0) is 10.8 Å². The van der Waals surface area contributed by atoms with Crippen LogP contribution in [-0.4, -0.2) is 9.36 Å². The molecule has 0 atom stereocenters. The van der Waals surface area contributed by atoms with Crippen molar-refractivity contribution in [1.29, 1.82) is 0 Å². The van der Waals surface area contributed by atoms with Crippen molar-refractivity contribution in [2.24, 2.45) is 0 Å². The molecule has 20 heavy (non-hydrogen) atoms. The minimum absolute atomic E-state index is 0.209. The molecular formula is C16H19ClN2S. The molecule has 0 amide bonds. The highest BCUT2D eigenvalue weighted by Gasteiger charge is 2.37. The second-order valence-corrected chi connectivity index (χ2v) is 8.23. The molecule has 0 saturated carbocycles. The molecular weight excluding hydrogens is 288 g/mol. The summed E-state index contributed by atoms with van der Waals surface area (Å²) in [6, 6.07) is 6.63. The summed E-state index contributed by atoms with van der Waals surface area (Å²) >= 11 is 7.14. The summed E-state index contributed by atoms with van der Waals surface area (Å²) in [5, 5.41) is 0. The first-order chi connectivity index (χ1) is 9.29. The number of rotatable bonds is 1. The average Bonchev–Trinajstić information content (AvgIpc) is 2.82. The molecule has 2 aromatic rings. The predicted octanol–water partition coefficient (Wildman–Crippen LogP) is 5.21. The number of benzene rings is 1. The monoisotopic (exact) mass is 306 g/mol. The topological polar surface area (TPSA) is 25.8 Å². The fourth-order valence-electron chi connectivity index (χ4n) is 3.05. The first kappa shape index (κ1) is 14.0. The Morgan fingerprint density at radius 2 is 1.70 bits per heavy atom.